The molecule has 0 saturated heterocycles. The number of ether oxygens (including phenoxy) is 4. The van der Waals surface area contributed by atoms with Gasteiger partial charge in [0.2, 0.25) is 0 Å². The van der Waals surface area contributed by atoms with E-state index in [2.05, 4.69) is 34.6 Å². The van der Waals surface area contributed by atoms with Gasteiger partial charge in [-0.15, -0.1) is 0 Å². The van der Waals surface area contributed by atoms with Gasteiger partial charge in [-0.2, -0.15) is 0 Å². The Morgan fingerprint density at radius 1 is 0.290 bits per heavy atom. The number of phosphoric ester groups is 2. The molecule has 5 atom stereocenters. The lowest BCUT2D eigenvalue weighted by atomic mass is 10.0. The molecule has 0 heterocycles. The number of rotatable bonds is 74. The van der Waals surface area contributed by atoms with Crippen molar-refractivity contribution in [3.63, 3.8) is 0 Å². The molecule has 3 N–H and O–H groups in total. The number of esters is 4. The van der Waals surface area contributed by atoms with Crippen molar-refractivity contribution < 1.29 is 80.2 Å². The molecule has 0 aromatic carbocycles. The molecule has 0 aromatic heterocycles. The standard InChI is InChI=1S/C74H144O17P2/c1-6-9-12-15-18-21-22-23-24-25-26-30-33-36-39-44-48-53-58-72(77)85-64-70(91-74(79)60-55-50-45-40-37-34-31-28-27-29-32-35-38-41-46-51-56-67(4)5)66-89-93(82,83)87-62-68(75)61-86-92(80,81)88-65-69(90-73(78)59-54-49-43-20-17-14-11-8-3)63-84-71(76)57-52-47-42-19-16-13-10-7-2/h67-70,75H,6-66H2,1-5H3,(H,80,81)(H,82,83)/t68-,69+,70+/m0/s1. The van der Waals surface area contributed by atoms with Crippen LogP contribution in [0.1, 0.15) is 388 Å². The van der Waals surface area contributed by atoms with Crippen LogP contribution in [0.2, 0.25) is 0 Å². The molecule has 0 aliphatic heterocycles. The van der Waals surface area contributed by atoms with Crippen molar-refractivity contribution >= 4 is 39.5 Å². The van der Waals surface area contributed by atoms with Gasteiger partial charge in [-0.25, -0.2) is 9.13 Å². The van der Waals surface area contributed by atoms with Gasteiger partial charge in [0, 0.05) is 25.7 Å². The van der Waals surface area contributed by atoms with E-state index in [1.54, 1.807) is 0 Å². The van der Waals surface area contributed by atoms with Gasteiger partial charge in [0.05, 0.1) is 26.4 Å². The molecule has 0 radical (unpaired) electrons. The summed E-state index contributed by atoms with van der Waals surface area (Å²) in [6.07, 6.45) is 55.7. The molecule has 0 aromatic rings. The first-order valence-corrected chi connectivity index (χ1v) is 41.6. The van der Waals surface area contributed by atoms with E-state index >= 15 is 0 Å². The number of carbonyl (C=O) groups is 4. The van der Waals surface area contributed by atoms with E-state index in [1.165, 1.54) is 199 Å². The Bertz CT molecular complexity index is 1790. The summed E-state index contributed by atoms with van der Waals surface area (Å²) in [5, 5.41) is 10.6. The van der Waals surface area contributed by atoms with Crippen LogP contribution >= 0.6 is 15.6 Å². The first-order chi connectivity index (χ1) is 45.0. The average molecular weight is 1370 g/mol. The van der Waals surface area contributed by atoms with E-state index in [4.69, 9.17) is 37.0 Å². The summed E-state index contributed by atoms with van der Waals surface area (Å²) in [7, 11) is -9.90. The highest BCUT2D eigenvalue weighted by molar-refractivity contribution is 7.47. The molecule has 93 heavy (non-hydrogen) atoms. The van der Waals surface area contributed by atoms with Gasteiger partial charge in [-0.3, -0.25) is 37.3 Å². The molecule has 0 fully saturated rings. The molecule has 0 aliphatic rings. The summed E-state index contributed by atoms with van der Waals surface area (Å²) < 4.78 is 68.3. The Labute approximate surface area is 568 Å². The zero-order valence-corrected chi connectivity index (χ0v) is 62.2. The minimum absolute atomic E-state index is 0.105. The molecular weight excluding hydrogens is 1220 g/mol. The van der Waals surface area contributed by atoms with Crippen molar-refractivity contribution in [2.24, 2.45) is 5.92 Å². The Morgan fingerprint density at radius 2 is 0.495 bits per heavy atom. The lowest BCUT2D eigenvalue weighted by Gasteiger charge is -2.21. The predicted molar refractivity (Wildman–Crippen MR) is 377 cm³/mol. The first-order valence-electron chi connectivity index (χ1n) is 38.6. The lowest BCUT2D eigenvalue weighted by Crippen LogP contribution is -2.30. The van der Waals surface area contributed by atoms with E-state index in [-0.39, 0.29) is 25.7 Å². The fourth-order valence-electron chi connectivity index (χ4n) is 11.4. The number of hydrogen-bond donors (Lipinski definition) is 3. The summed E-state index contributed by atoms with van der Waals surface area (Å²) in [4.78, 5) is 72.5. The second kappa shape index (κ2) is 67.3. The van der Waals surface area contributed by atoms with Crippen molar-refractivity contribution in [1.82, 2.24) is 0 Å². The van der Waals surface area contributed by atoms with Crippen LogP contribution in [0.3, 0.4) is 0 Å². The minimum Gasteiger partial charge on any atom is -0.462 e. The van der Waals surface area contributed by atoms with E-state index in [0.29, 0.717) is 25.7 Å². The van der Waals surface area contributed by atoms with Gasteiger partial charge < -0.3 is 33.8 Å². The second-order valence-corrected chi connectivity index (χ2v) is 30.1. The molecule has 0 saturated carbocycles. The SMILES string of the molecule is CCCCCCCCCCCCCCCCCCCCC(=O)OC[C@H](COP(=O)(O)OC[C@@H](O)COP(=O)(O)OC[C@@H](COC(=O)CCCCCCCCCC)OC(=O)CCCCCCCCCC)OC(=O)CCCCCCCCCCCCCCCCCCC(C)C. The Hall–Kier alpha value is -1.94. The molecule has 17 nitrogen and oxygen atoms in total. The van der Waals surface area contributed by atoms with Crippen LogP contribution in [0, 0.1) is 5.92 Å². The van der Waals surface area contributed by atoms with E-state index in [1.807, 2.05) is 0 Å². The largest absolute Gasteiger partial charge is 0.472 e. The molecule has 552 valence electrons. The van der Waals surface area contributed by atoms with Crippen LogP contribution in [0.5, 0.6) is 0 Å². The van der Waals surface area contributed by atoms with Gasteiger partial charge in [0.25, 0.3) is 0 Å². The normalized spacial score (nSPS) is 14.0. The molecule has 0 rings (SSSR count). The average Bonchev–Trinajstić information content (AvgIpc) is 3.15. The predicted octanol–water partition coefficient (Wildman–Crippen LogP) is 21.7. The number of aliphatic hydroxyl groups excluding tert-OH is 1. The summed E-state index contributed by atoms with van der Waals surface area (Å²) in [6.45, 7) is 7.25. The fourth-order valence-corrected chi connectivity index (χ4v) is 12.9. The van der Waals surface area contributed by atoms with Gasteiger partial charge in [0.1, 0.15) is 19.3 Å². The van der Waals surface area contributed by atoms with Crippen molar-refractivity contribution in [1.29, 1.82) is 0 Å². The summed E-state index contributed by atoms with van der Waals surface area (Å²) in [5.74, 6) is -1.31. The maximum Gasteiger partial charge on any atom is 0.472 e. The number of carbonyl (C=O) groups excluding carboxylic acids is 4. The van der Waals surface area contributed by atoms with E-state index in [0.717, 1.165) is 109 Å². The molecule has 2 unspecified atom stereocenters. The molecule has 19 heteroatoms. The summed E-state index contributed by atoms with van der Waals surface area (Å²) in [5.41, 5.74) is 0. The highest BCUT2D eigenvalue weighted by atomic mass is 31.2. The van der Waals surface area contributed by atoms with Crippen molar-refractivity contribution in [3.05, 3.63) is 0 Å². The molecule has 0 spiro atoms. The van der Waals surface area contributed by atoms with E-state index < -0.39 is 97.5 Å². The highest BCUT2D eigenvalue weighted by Gasteiger charge is 2.30. The fraction of sp³-hybridized carbons (Fsp3) is 0.946. The number of aliphatic hydroxyl groups is 1. The van der Waals surface area contributed by atoms with Gasteiger partial charge in [-0.1, -0.05) is 336 Å². The molecule has 0 aliphatic carbocycles. The Morgan fingerprint density at radius 3 is 0.731 bits per heavy atom. The van der Waals surface area contributed by atoms with Gasteiger partial charge in [0.15, 0.2) is 12.2 Å². The smallest absolute Gasteiger partial charge is 0.462 e. The van der Waals surface area contributed by atoms with Gasteiger partial charge >= 0.3 is 39.5 Å². The molecular formula is C74H144O17P2. The summed E-state index contributed by atoms with van der Waals surface area (Å²) >= 11 is 0. The number of hydrogen-bond acceptors (Lipinski definition) is 15. The summed E-state index contributed by atoms with van der Waals surface area (Å²) in [6, 6.07) is 0. The molecule has 0 bridgehead atoms. The highest BCUT2D eigenvalue weighted by Crippen LogP contribution is 2.45. The van der Waals surface area contributed by atoms with Gasteiger partial charge in [-0.05, 0) is 31.6 Å². The monoisotopic (exact) mass is 1370 g/mol. The Balaban J connectivity index is 5.15. The number of unbranched alkanes of at least 4 members (excludes halogenated alkanes) is 46. The number of phosphoric acid groups is 2. The van der Waals surface area contributed by atoms with Crippen LogP contribution in [0.15, 0.2) is 0 Å². The van der Waals surface area contributed by atoms with Crippen LogP contribution in [-0.2, 0) is 65.4 Å². The molecule has 0 amide bonds. The van der Waals surface area contributed by atoms with Crippen LogP contribution in [0.25, 0.3) is 0 Å². The van der Waals surface area contributed by atoms with Crippen LogP contribution in [-0.4, -0.2) is 96.7 Å². The zero-order valence-electron chi connectivity index (χ0n) is 60.4. The van der Waals surface area contributed by atoms with Crippen LogP contribution in [0.4, 0.5) is 0 Å². The van der Waals surface area contributed by atoms with Crippen molar-refractivity contribution in [3.8, 4) is 0 Å². The second-order valence-electron chi connectivity index (χ2n) is 27.2. The minimum atomic E-state index is -4.95. The maximum atomic E-state index is 13.1. The van der Waals surface area contributed by atoms with Crippen molar-refractivity contribution in [2.45, 2.75) is 406 Å². The van der Waals surface area contributed by atoms with E-state index in [9.17, 15) is 43.2 Å². The first kappa shape index (κ1) is 91.1. The third-order valence-electron chi connectivity index (χ3n) is 17.3. The quantitative estimate of drug-likeness (QED) is 0.0222. The third kappa shape index (κ3) is 68.4. The van der Waals surface area contributed by atoms with Crippen LogP contribution < -0.4 is 0 Å². The zero-order chi connectivity index (χ0) is 68.4. The third-order valence-corrected chi connectivity index (χ3v) is 19.2. The Kier molecular flexibility index (Phi) is 65.9. The lowest BCUT2D eigenvalue weighted by molar-refractivity contribution is -0.161. The maximum absolute atomic E-state index is 13.1. The topological polar surface area (TPSA) is 237 Å². The van der Waals surface area contributed by atoms with Crippen molar-refractivity contribution in [2.75, 3.05) is 39.6 Å².